The van der Waals surface area contributed by atoms with Crippen molar-refractivity contribution in [3.05, 3.63) is 34.3 Å². The molecule has 0 amide bonds. The number of halogens is 1. The lowest BCUT2D eigenvalue weighted by Crippen LogP contribution is -2.18. The number of aromatic nitrogens is 2. The van der Waals surface area contributed by atoms with Gasteiger partial charge in [0.05, 0.1) is 6.61 Å². The second-order valence-corrected chi connectivity index (χ2v) is 5.15. The first-order valence-electron chi connectivity index (χ1n) is 5.73. The van der Waals surface area contributed by atoms with Crippen molar-refractivity contribution in [1.82, 2.24) is 15.5 Å². The topological polar surface area (TPSA) is 56.3 Å². The van der Waals surface area contributed by atoms with E-state index in [0.29, 0.717) is 29.1 Å². The lowest BCUT2D eigenvalue weighted by Gasteiger charge is -2.00. The molecule has 2 aromatic rings. The molecule has 1 aromatic carbocycles. The molecule has 19 heavy (non-hydrogen) atoms. The Morgan fingerprint density at radius 3 is 3.05 bits per heavy atom. The van der Waals surface area contributed by atoms with E-state index in [0.717, 1.165) is 11.6 Å². The van der Waals surface area contributed by atoms with E-state index in [-0.39, 0.29) is 0 Å². The van der Waals surface area contributed by atoms with Crippen LogP contribution in [0.15, 0.2) is 24.3 Å². The molecule has 0 saturated heterocycles. The zero-order valence-electron chi connectivity index (χ0n) is 10.4. The van der Waals surface area contributed by atoms with Gasteiger partial charge in [-0.1, -0.05) is 34.1 Å². The third kappa shape index (κ3) is 4.76. The molecule has 1 N–H and O–H groups in total. The zero-order valence-corrected chi connectivity index (χ0v) is 12.0. The van der Waals surface area contributed by atoms with Crippen LogP contribution in [0.2, 0.25) is 5.02 Å². The molecule has 2 rings (SSSR count). The van der Waals surface area contributed by atoms with Crippen LogP contribution in [0.25, 0.3) is 0 Å². The first-order chi connectivity index (χ1) is 9.28. The van der Waals surface area contributed by atoms with Gasteiger partial charge in [0.1, 0.15) is 10.8 Å². The van der Waals surface area contributed by atoms with Gasteiger partial charge in [-0.2, -0.15) is 0 Å². The molecule has 0 unspecified atom stereocenters. The number of rotatable bonds is 7. The van der Waals surface area contributed by atoms with E-state index in [9.17, 15) is 0 Å². The Balaban J connectivity index is 1.87. The van der Waals surface area contributed by atoms with Crippen molar-refractivity contribution in [3.8, 4) is 10.9 Å². The SMILES string of the molecule is COCCNCc1nnc(Oc2cccc(Cl)c2)s1. The summed E-state index contributed by atoms with van der Waals surface area (Å²) < 4.78 is 10.5. The van der Waals surface area contributed by atoms with Crippen molar-refractivity contribution in [1.29, 1.82) is 0 Å². The van der Waals surface area contributed by atoms with Gasteiger partial charge in [0, 0.05) is 25.2 Å². The molecular formula is C12H14ClN3O2S. The molecule has 102 valence electrons. The summed E-state index contributed by atoms with van der Waals surface area (Å²) in [4.78, 5) is 0. The van der Waals surface area contributed by atoms with E-state index in [1.807, 2.05) is 12.1 Å². The van der Waals surface area contributed by atoms with Gasteiger partial charge in [0.25, 0.3) is 5.19 Å². The minimum Gasteiger partial charge on any atom is -0.430 e. The average molecular weight is 300 g/mol. The van der Waals surface area contributed by atoms with Crippen molar-refractivity contribution >= 4 is 22.9 Å². The number of nitrogens with one attached hydrogen (secondary N) is 1. The molecular weight excluding hydrogens is 286 g/mol. The third-order valence-corrected chi connectivity index (χ3v) is 3.25. The Bertz CT molecular complexity index is 521. The summed E-state index contributed by atoms with van der Waals surface area (Å²) in [5, 5.41) is 13.2. The minimum atomic E-state index is 0.505. The first-order valence-corrected chi connectivity index (χ1v) is 6.93. The van der Waals surface area contributed by atoms with E-state index < -0.39 is 0 Å². The Labute approximate surface area is 120 Å². The van der Waals surface area contributed by atoms with Crippen molar-refractivity contribution < 1.29 is 9.47 Å². The highest BCUT2D eigenvalue weighted by Gasteiger charge is 2.06. The van der Waals surface area contributed by atoms with Crippen molar-refractivity contribution in [2.75, 3.05) is 20.3 Å². The molecule has 0 aliphatic rings. The molecule has 0 atom stereocenters. The quantitative estimate of drug-likeness (QED) is 0.797. The lowest BCUT2D eigenvalue weighted by molar-refractivity contribution is 0.199. The fourth-order valence-corrected chi connectivity index (χ4v) is 2.21. The Morgan fingerprint density at radius 2 is 2.26 bits per heavy atom. The molecule has 0 aliphatic carbocycles. The summed E-state index contributed by atoms with van der Waals surface area (Å²) >= 11 is 7.28. The predicted molar refractivity (Wildman–Crippen MR) is 75.0 cm³/mol. The molecule has 7 heteroatoms. The van der Waals surface area contributed by atoms with E-state index in [1.54, 1.807) is 19.2 Å². The highest BCUT2D eigenvalue weighted by molar-refractivity contribution is 7.13. The van der Waals surface area contributed by atoms with Crippen LogP contribution in [0, 0.1) is 0 Å². The number of benzene rings is 1. The molecule has 0 fully saturated rings. The summed E-state index contributed by atoms with van der Waals surface area (Å²) in [5.41, 5.74) is 0. The van der Waals surface area contributed by atoms with Crippen LogP contribution >= 0.6 is 22.9 Å². The summed E-state index contributed by atoms with van der Waals surface area (Å²) in [5.74, 6) is 0.655. The van der Waals surface area contributed by atoms with Gasteiger partial charge < -0.3 is 14.8 Å². The van der Waals surface area contributed by atoms with E-state index >= 15 is 0 Å². The monoisotopic (exact) mass is 299 g/mol. The van der Waals surface area contributed by atoms with Gasteiger partial charge in [-0.05, 0) is 18.2 Å². The summed E-state index contributed by atoms with van der Waals surface area (Å²) in [6, 6.07) is 7.18. The van der Waals surface area contributed by atoms with E-state index in [4.69, 9.17) is 21.1 Å². The highest BCUT2D eigenvalue weighted by Crippen LogP contribution is 2.26. The summed E-state index contributed by atoms with van der Waals surface area (Å²) in [7, 11) is 1.67. The van der Waals surface area contributed by atoms with Gasteiger partial charge in [0.15, 0.2) is 0 Å². The molecule has 0 radical (unpaired) electrons. The molecule has 0 bridgehead atoms. The Morgan fingerprint density at radius 1 is 1.37 bits per heavy atom. The second kappa shape index (κ2) is 7.40. The van der Waals surface area contributed by atoms with Crippen molar-refractivity contribution in [2.24, 2.45) is 0 Å². The van der Waals surface area contributed by atoms with Gasteiger partial charge in [-0.25, -0.2) is 0 Å². The van der Waals surface area contributed by atoms with Gasteiger partial charge >= 0.3 is 0 Å². The zero-order chi connectivity index (χ0) is 13.5. The van der Waals surface area contributed by atoms with E-state index in [2.05, 4.69) is 15.5 Å². The van der Waals surface area contributed by atoms with Crippen LogP contribution in [0.1, 0.15) is 5.01 Å². The largest absolute Gasteiger partial charge is 0.430 e. The molecule has 0 saturated carbocycles. The summed E-state index contributed by atoms with van der Waals surface area (Å²) in [6.45, 7) is 2.10. The van der Waals surface area contributed by atoms with Crippen LogP contribution in [0.4, 0.5) is 0 Å². The lowest BCUT2D eigenvalue weighted by atomic mass is 10.3. The Hall–Kier alpha value is -1.21. The standard InChI is InChI=1S/C12H14ClN3O2S/c1-17-6-5-14-8-11-15-16-12(19-11)18-10-4-2-3-9(13)7-10/h2-4,7,14H,5-6,8H2,1H3. The first kappa shape index (κ1) is 14.2. The minimum absolute atomic E-state index is 0.505. The maximum absolute atomic E-state index is 5.88. The predicted octanol–water partition coefficient (Wildman–Crippen LogP) is 2.72. The number of hydrogen-bond donors (Lipinski definition) is 1. The normalized spacial score (nSPS) is 10.6. The van der Waals surface area contributed by atoms with Crippen LogP contribution < -0.4 is 10.1 Å². The van der Waals surface area contributed by atoms with Gasteiger partial charge in [-0.3, -0.25) is 0 Å². The fraction of sp³-hybridized carbons (Fsp3) is 0.333. The van der Waals surface area contributed by atoms with E-state index in [1.165, 1.54) is 11.3 Å². The average Bonchev–Trinajstić information content (AvgIpc) is 2.82. The number of hydrogen-bond acceptors (Lipinski definition) is 6. The molecule has 0 spiro atoms. The van der Waals surface area contributed by atoms with Crippen LogP contribution in [-0.2, 0) is 11.3 Å². The maximum Gasteiger partial charge on any atom is 0.299 e. The second-order valence-electron chi connectivity index (χ2n) is 3.69. The van der Waals surface area contributed by atoms with Crippen molar-refractivity contribution in [3.63, 3.8) is 0 Å². The van der Waals surface area contributed by atoms with Gasteiger partial charge in [0.2, 0.25) is 0 Å². The van der Waals surface area contributed by atoms with Gasteiger partial charge in [-0.15, -0.1) is 5.10 Å². The molecule has 5 nitrogen and oxygen atoms in total. The third-order valence-electron chi connectivity index (χ3n) is 2.21. The summed E-state index contributed by atoms with van der Waals surface area (Å²) in [6.07, 6.45) is 0. The Kier molecular flexibility index (Phi) is 5.53. The number of nitrogens with zero attached hydrogens (tertiary/aromatic N) is 2. The highest BCUT2D eigenvalue weighted by atomic mass is 35.5. The van der Waals surface area contributed by atoms with Crippen LogP contribution in [0.5, 0.6) is 10.9 Å². The number of methoxy groups -OCH3 is 1. The fourth-order valence-electron chi connectivity index (χ4n) is 1.35. The molecule has 1 aromatic heterocycles. The van der Waals surface area contributed by atoms with Crippen LogP contribution in [0.3, 0.4) is 0 Å². The smallest absolute Gasteiger partial charge is 0.299 e. The molecule has 1 heterocycles. The maximum atomic E-state index is 5.88. The van der Waals surface area contributed by atoms with Crippen molar-refractivity contribution in [2.45, 2.75) is 6.54 Å². The molecule has 0 aliphatic heterocycles. The number of ether oxygens (including phenoxy) is 2. The van der Waals surface area contributed by atoms with Crippen LogP contribution in [-0.4, -0.2) is 30.5 Å².